The Morgan fingerprint density at radius 2 is 2.26 bits per heavy atom. The summed E-state index contributed by atoms with van der Waals surface area (Å²) in [5, 5.41) is 3.32. The van der Waals surface area contributed by atoms with E-state index in [0.717, 1.165) is 18.7 Å². The molecule has 1 aromatic carbocycles. The van der Waals surface area contributed by atoms with E-state index in [9.17, 15) is 4.39 Å². The lowest BCUT2D eigenvalue weighted by Gasteiger charge is -2.48. The highest BCUT2D eigenvalue weighted by Gasteiger charge is 2.50. The number of methoxy groups -OCH3 is 1. The molecular formula is C14H18FNO3. The summed E-state index contributed by atoms with van der Waals surface area (Å²) in [4.78, 5) is 0. The molecule has 1 N–H and O–H groups in total. The Morgan fingerprint density at radius 3 is 2.84 bits per heavy atom. The third kappa shape index (κ3) is 2.12. The normalized spacial score (nSPS) is 25.7. The molecule has 2 heterocycles. The van der Waals surface area contributed by atoms with Crippen LogP contribution in [-0.2, 0) is 14.9 Å². The summed E-state index contributed by atoms with van der Waals surface area (Å²) in [6, 6.07) is 4.62. The number of hydrogen-bond acceptors (Lipinski definition) is 4. The molecule has 0 spiro atoms. The Balaban J connectivity index is 1.99. The van der Waals surface area contributed by atoms with Gasteiger partial charge in [-0.1, -0.05) is 0 Å². The molecule has 2 aliphatic heterocycles. The number of rotatable bonds is 3. The van der Waals surface area contributed by atoms with Crippen molar-refractivity contribution in [2.24, 2.45) is 0 Å². The summed E-state index contributed by atoms with van der Waals surface area (Å²) in [6.07, 6.45) is -0.00861. The number of morpholine rings is 1. The van der Waals surface area contributed by atoms with Crippen LogP contribution in [0.2, 0.25) is 0 Å². The van der Waals surface area contributed by atoms with Crippen LogP contribution in [-0.4, -0.2) is 46.1 Å². The van der Waals surface area contributed by atoms with Gasteiger partial charge in [0.05, 0.1) is 38.4 Å². The minimum absolute atomic E-state index is 0.00861. The second kappa shape index (κ2) is 5.07. The molecule has 0 radical (unpaired) electrons. The minimum Gasteiger partial charge on any atom is -0.496 e. The Morgan fingerprint density at radius 1 is 1.42 bits per heavy atom. The van der Waals surface area contributed by atoms with Crippen molar-refractivity contribution in [3.8, 4) is 5.75 Å². The van der Waals surface area contributed by atoms with E-state index < -0.39 is 0 Å². The Kier molecular flexibility index (Phi) is 3.43. The number of halogens is 1. The van der Waals surface area contributed by atoms with Crippen LogP contribution in [0.4, 0.5) is 4.39 Å². The molecule has 5 heteroatoms. The van der Waals surface area contributed by atoms with Crippen molar-refractivity contribution in [1.29, 1.82) is 0 Å². The molecule has 0 aliphatic carbocycles. The zero-order valence-electron chi connectivity index (χ0n) is 10.9. The molecule has 1 aromatic rings. The van der Waals surface area contributed by atoms with Gasteiger partial charge < -0.3 is 19.5 Å². The summed E-state index contributed by atoms with van der Waals surface area (Å²) in [7, 11) is 1.60. The van der Waals surface area contributed by atoms with Crippen molar-refractivity contribution in [3.05, 3.63) is 29.6 Å². The number of hydrogen-bond donors (Lipinski definition) is 1. The molecule has 0 bridgehead atoms. The van der Waals surface area contributed by atoms with Gasteiger partial charge in [-0.2, -0.15) is 0 Å². The van der Waals surface area contributed by atoms with Crippen LogP contribution in [0, 0.1) is 5.82 Å². The Bertz CT molecular complexity index is 456. The van der Waals surface area contributed by atoms with Crippen LogP contribution in [0.15, 0.2) is 18.2 Å². The lowest BCUT2D eigenvalue weighted by molar-refractivity contribution is -0.146. The average Bonchev–Trinajstić information content (AvgIpc) is 2.39. The molecule has 0 amide bonds. The first kappa shape index (κ1) is 12.8. The van der Waals surface area contributed by atoms with Crippen molar-refractivity contribution in [3.63, 3.8) is 0 Å². The monoisotopic (exact) mass is 267 g/mol. The van der Waals surface area contributed by atoms with Gasteiger partial charge >= 0.3 is 0 Å². The summed E-state index contributed by atoms with van der Waals surface area (Å²) in [6.45, 7) is 3.36. The van der Waals surface area contributed by atoms with Crippen molar-refractivity contribution >= 4 is 0 Å². The van der Waals surface area contributed by atoms with Crippen LogP contribution in [0.1, 0.15) is 5.56 Å². The zero-order valence-corrected chi connectivity index (χ0v) is 10.9. The quantitative estimate of drug-likeness (QED) is 0.890. The van der Waals surface area contributed by atoms with E-state index in [1.807, 2.05) is 0 Å². The highest BCUT2D eigenvalue weighted by Crippen LogP contribution is 2.42. The molecule has 1 unspecified atom stereocenters. The molecule has 104 valence electrons. The number of ether oxygens (including phenoxy) is 3. The van der Waals surface area contributed by atoms with E-state index >= 15 is 0 Å². The molecule has 0 saturated carbocycles. The van der Waals surface area contributed by atoms with E-state index in [4.69, 9.17) is 14.2 Å². The molecule has 19 heavy (non-hydrogen) atoms. The third-order valence-electron chi connectivity index (χ3n) is 3.96. The lowest BCUT2D eigenvalue weighted by atomic mass is 9.73. The topological polar surface area (TPSA) is 39.7 Å². The van der Waals surface area contributed by atoms with Crippen molar-refractivity contribution in [1.82, 2.24) is 5.32 Å². The van der Waals surface area contributed by atoms with Gasteiger partial charge in [-0.3, -0.25) is 0 Å². The molecule has 1 atom stereocenters. The third-order valence-corrected chi connectivity index (χ3v) is 3.96. The van der Waals surface area contributed by atoms with Crippen LogP contribution in [0.3, 0.4) is 0 Å². The number of benzene rings is 1. The van der Waals surface area contributed by atoms with Crippen LogP contribution < -0.4 is 10.1 Å². The minimum atomic E-state index is -0.305. The molecule has 2 saturated heterocycles. The van der Waals surface area contributed by atoms with E-state index in [0.29, 0.717) is 25.6 Å². The van der Waals surface area contributed by atoms with E-state index in [1.54, 1.807) is 19.2 Å². The maximum Gasteiger partial charge on any atom is 0.123 e. The fraction of sp³-hybridized carbons (Fsp3) is 0.571. The predicted octanol–water partition coefficient (Wildman–Crippen LogP) is 1.09. The smallest absolute Gasteiger partial charge is 0.123 e. The van der Waals surface area contributed by atoms with Crippen LogP contribution in [0.25, 0.3) is 0 Å². The molecular weight excluding hydrogens is 249 g/mol. The van der Waals surface area contributed by atoms with Gasteiger partial charge in [0.25, 0.3) is 0 Å². The standard InChI is InChI=1S/C14H18FNO3/c1-17-12-3-2-10(15)6-11(12)14(8-18-9-14)13-7-16-4-5-19-13/h2-3,6,13,16H,4-5,7-9H2,1H3. The first-order chi connectivity index (χ1) is 9.26. The van der Waals surface area contributed by atoms with Gasteiger partial charge in [0, 0.05) is 18.7 Å². The summed E-state index contributed by atoms with van der Waals surface area (Å²) < 4.78 is 30.2. The van der Waals surface area contributed by atoms with E-state index in [2.05, 4.69) is 5.32 Å². The molecule has 2 fully saturated rings. The highest BCUT2D eigenvalue weighted by molar-refractivity contribution is 5.43. The van der Waals surface area contributed by atoms with Crippen molar-refractivity contribution < 1.29 is 18.6 Å². The largest absolute Gasteiger partial charge is 0.496 e. The zero-order chi connectivity index (χ0) is 13.3. The lowest BCUT2D eigenvalue weighted by Crippen LogP contribution is -2.61. The predicted molar refractivity (Wildman–Crippen MR) is 68.1 cm³/mol. The Hall–Kier alpha value is -1.17. The summed E-state index contributed by atoms with van der Waals surface area (Å²) in [5.74, 6) is 0.435. The van der Waals surface area contributed by atoms with Gasteiger partial charge in [-0.15, -0.1) is 0 Å². The molecule has 0 aromatic heterocycles. The average molecular weight is 267 g/mol. The van der Waals surface area contributed by atoms with Gasteiger partial charge in [0.15, 0.2) is 0 Å². The van der Waals surface area contributed by atoms with Gasteiger partial charge in [-0.05, 0) is 18.2 Å². The Labute approximate surface area is 111 Å². The summed E-state index contributed by atoms with van der Waals surface area (Å²) >= 11 is 0. The molecule has 3 rings (SSSR count). The maximum atomic E-state index is 13.6. The van der Waals surface area contributed by atoms with Gasteiger partial charge in [0.1, 0.15) is 11.6 Å². The van der Waals surface area contributed by atoms with Gasteiger partial charge in [0.2, 0.25) is 0 Å². The van der Waals surface area contributed by atoms with Crippen molar-refractivity contribution in [2.45, 2.75) is 11.5 Å². The first-order valence-electron chi connectivity index (χ1n) is 6.50. The molecule has 2 aliphatic rings. The SMILES string of the molecule is COc1ccc(F)cc1C1(C2CNCCO2)COC1. The van der Waals surface area contributed by atoms with Crippen molar-refractivity contribution in [2.75, 3.05) is 40.0 Å². The molecule has 4 nitrogen and oxygen atoms in total. The maximum absolute atomic E-state index is 13.6. The van der Waals surface area contributed by atoms with Crippen LogP contribution >= 0.6 is 0 Å². The van der Waals surface area contributed by atoms with Gasteiger partial charge in [-0.25, -0.2) is 4.39 Å². The first-order valence-corrected chi connectivity index (χ1v) is 6.50. The second-order valence-electron chi connectivity index (χ2n) is 5.06. The number of nitrogens with one attached hydrogen (secondary N) is 1. The fourth-order valence-corrected chi connectivity index (χ4v) is 2.83. The fourth-order valence-electron chi connectivity index (χ4n) is 2.83. The van der Waals surface area contributed by atoms with E-state index in [1.165, 1.54) is 6.07 Å². The highest BCUT2D eigenvalue weighted by atomic mass is 19.1. The van der Waals surface area contributed by atoms with Crippen LogP contribution in [0.5, 0.6) is 5.75 Å². The summed E-state index contributed by atoms with van der Waals surface area (Å²) in [5.41, 5.74) is 0.538. The van der Waals surface area contributed by atoms with E-state index in [-0.39, 0.29) is 17.3 Å². The second-order valence-corrected chi connectivity index (χ2v) is 5.06.